The number of phenols is 1. The normalized spacial score (nSPS) is 11.5. The number of fused-ring (bicyclic) bond motifs is 2. The average molecular weight is 319 g/mol. The number of nitrogens with zero attached hydrogens (tertiary/aromatic N) is 2. The first-order chi connectivity index (χ1) is 11.3. The van der Waals surface area contributed by atoms with Gasteiger partial charge in [-0.25, -0.2) is 4.98 Å². The molecule has 0 unspecified atom stereocenters. The molecule has 4 nitrogen and oxygen atoms in total. The van der Waals surface area contributed by atoms with Crippen LogP contribution in [0, 0.1) is 0 Å². The molecule has 5 heteroatoms. The van der Waals surface area contributed by atoms with E-state index in [-0.39, 0.29) is 5.75 Å². The summed E-state index contributed by atoms with van der Waals surface area (Å²) < 4.78 is 1.11. The van der Waals surface area contributed by atoms with Crippen LogP contribution in [-0.4, -0.2) is 16.3 Å². The van der Waals surface area contributed by atoms with Crippen molar-refractivity contribution in [2.45, 2.75) is 0 Å². The molecule has 3 aromatic carbocycles. The van der Waals surface area contributed by atoms with E-state index < -0.39 is 0 Å². The molecule has 0 saturated carbocycles. The van der Waals surface area contributed by atoms with Crippen molar-refractivity contribution in [3.63, 3.8) is 0 Å². The topological polar surface area (TPSA) is 57.5 Å². The number of hydrogen-bond acceptors (Lipinski definition) is 5. The van der Waals surface area contributed by atoms with Crippen molar-refractivity contribution in [1.82, 2.24) is 4.98 Å². The van der Waals surface area contributed by atoms with E-state index in [0.717, 1.165) is 26.1 Å². The Morgan fingerprint density at radius 1 is 1.00 bits per heavy atom. The maximum atomic E-state index is 10.1. The van der Waals surface area contributed by atoms with Crippen molar-refractivity contribution >= 4 is 43.7 Å². The Labute approximate surface area is 136 Å². The van der Waals surface area contributed by atoms with Crippen molar-refractivity contribution in [1.29, 1.82) is 0 Å². The van der Waals surface area contributed by atoms with Crippen molar-refractivity contribution in [3.05, 3.63) is 66.2 Å². The monoisotopic (exact) mass is 319 g/mol. The van der Waals surface area contributed by atoms with Crippen LogP contribution in [0.15, 0.2) is 65.8 Å². The Kier molecular flexibility index (Phi) is 3.40. The summed E-state index contributed by atoms with van der Waals surface area (Å²) in [5, 5.41) is 17.1. The van der Waals surface area contributed by atoms with Crippen LogP contribution in [0.3, 0.4) is 0 Å². The van der Waals surface area contributed by atoms with Gasteiger partial charge in [-0.2, -0.15) is 5.10 Å². The highest BCUT2D eigenvalue weighted by Crippen LogP contribution is 2.27. The fourth-order valence-corrected chi connectivity index (χ4v) is 3.31. The van der Waals surface area contributed by atoms with Crippen molar-refractivity contribution < 1.29 is 5.11 Å². The number of anilines is 1. The molecule has 0 aliphatic rings. The molecule has 112 valence electrons. The van der Waals surface area contributed by atoms with Gasteiger partial charge in [0.25, 0.3) is 0 Å². The molecule has 4 rings (SSSR count). The highest BCUT2D eigenvalue weighted by atomic mass is 32.1. The molecule has 0 fully saturated rings. The third-order valence-corrected chi connectivity index (χ3v) is 4.54. The number of phenolic OH excluding ortho intramolecular Hbond substituents is 1. The number of aromatic hydroxyl groups is 1. The Morgan fingerprint density at radius 2 is 1.83 bits per heavy atom. The zero-order valence-corrected chi connectivity index (χ0v) is 12.9. The van der Waals surface area contributed by atoms with Crippen LogP contribution >= 0.6 is 11.3 Å². The van der Waals surface area contributed by atoms with Crippen LogP contribution in [-0.2, 0) is 0 Å². The summed E-state index contributed by atoms with van der Waals surface area (Å²) in [6, 6.07) is 19.4. The molecule has 0 spiro atoms. The molecule has 0 amide bonds. The zero-order valence-electron chi connectivity index (χ0n) is 12.1. The van der Waals surface area contributed by atoms with Gasteiger partial charge in [-0.15, -0.1) is 0 Å². The Bertz CT molecular complexity index is 990. The smallest absolute Gasteiger partial charge is 0.204 e. The third-order valence-electron chi connectivity index (χ3n) is 3.60. The molecule has 1 heterocycles. The Balaban J connectivity index is 1.65. The predicted molar refractivity (Wildman–Crippen MR) is 96.4 cm³/mol. The van der Waals surface area contributed by atoms with Crippen molar-refractivity contribution in [3.8, 4) is 5.75 Å². The van der Waals surface area contributed by atoms with E-state index in [0.29, 0.717) is 5.56 Å². The summed E-state index contributed by atoms with van der Waals surface area (Å²) in [5.74, 6) is 0.207. The fourth-order valence-electron chi connectivity index (χ4n) is 2.49. The van der Waals surface area contributed by atoms with Gasteiger partial charge in [-0.1, -0.05) is 53.8 Å². The summed E-state index contributed by atoms with van der Waals surface area (Å²) >= 11 is 1.54. The minimum Gasteiger partial charge on any atom is -0.507 e. The quantitative estimate of drug-likeness (QED) is 0.428. The highest BCUT2D eigenvalue weighted by Gasteiger charge is 2.05. The van der Waals surface area contributed by atoms with Gasteiger partial charge >= 0.3 is 0 Å². The van der Waals surface area contributed by atoms with Crippen LogP contribution in [0.4, 0.5) is 5.13 Å². The molecule has 1 aromatic heterocycles. The average Bonchev–Trinajstić information content (AvgIpc) is 2.99. The second-order valence-corrected chi connectivity index (χ2v) is 6.11. The van der Waals surface area contributed by atoms with Crippen molar-refractivity contribution in [2.24, 2.45) is 5.10 Å². The van der Waals surface area contributed by atoms with E-state index in [4.69, 9.17) is 0 Å². The van der Waals surface area contributed by atoms with E-state index in [1.54, 1.807) is 23.6 Å². The zero-order chi connectivity index (χ0) is 15.6. The molecular formula is C18H13N3OS. The lowest BCUT2D eigenvalue weighted by molar-refractivity contribution is 0.475. The molecule has 0 radical (unpaired) electrons. The third kappa shape index (κ3) is 2.62. The van der Waals surface area contributed by atoms with Crippen LogP contribution in [0.25, 0.3) is 21.0 Å². The molecule has 0 atom stereocenters. The van der Waals surface area contributed by atoms with Gasteiger partial charge in [0, 0.05) is 5.56 Å². The highest BCUT2D eigenvalue weighted by molar-refractivity contribution is 7.22. The standard InChI is InChI=1S/C18H13N3OS/c22-16-10-9-12-5-1-2-6-13(12)14(16)11-19-21-18-20-15-7-3-4-8-17(15)23-18/h1-11,22H,(H,20,21)/b19-11-. The van der Waals surface area contributed by atoms with E-state index in [9.17, 15) is 5.11 Å². The SMILES string of the molecule is Oc1ccc2ccccc2c1/C=N\Nc1nc2ccccc2s1. The summed E-state index contributed by atoms with van der Waals surface area (Å²) in [4.78, 5) is 4.46. The summed E-state index contributed by atoms with van der Waals surface area (Å²) in [6.45, 7) is 0. The van der Waals surface area contributed by atoms with Gasteiger partial charge < -0.3 is 5.11 Å². The molecule has 0 aliphatic carbocycles. The molecule has 0 bridgehead atoms. The number of thiazole rings is 1. The first-order valence-electron chi connectivity index (χ1n) is 7.16. The lowest BCUT2D eigenvalue weighted by Gasteiger charge is -2.04. The van der Waals surface area contributed by atoms with Crippen molar-refractivity contribution in [2.75, 3.05) is 5.43 Å². The van der Waals surface area contributed by atoms with Crippen LogP contribution in [0.5, 0.6) is 5.75 Å². The Hall–Kier alpha value is -2.92. The van der Waals surface area contributed by atoms with Gasteiger partial charge in [0.2, 0.25) is 5.13 Å². The second kappa shape index (κ2) is 5.70. The molecular weight excluding hydrogens is 306 g/mol. The predicted octanol–water partition coefficient (Wildman–Crippen LogP) is 4.60. The van der Waals surface area contributed by atoms with Crippen LogP contribution in [0.1, 0.15) is 5.56 Å². The van der Waals surface area contributed by atoms with E-state index in [2.05, 4.69) is 15.5 Å². The number of hydrazone groups is 1. The number of nitrogens with one attached hydrogen (secondary N) is 1. The van der Waals surface area contributed by atoms with Crippen LogP contribution < -0.4 is 5.43 Å². The van der Waals surface area contributed by atoms with E-state index >= 15 is 0 Å². The Morgan fingerprint density at radius 3 is 2.74 bits per heavy atom. The maximum Gasteiger partial charge on any atom is 0.204 e. The number of para-hydroxylation sites is 1. The summed E-state index contributed by atoms with van der Waals surface area (Å²) in [6.07, 6.45) is 1.63. The largest absolute Gasteiger partial charge is 0.507 e. The lowest BCUT2D eigenvalue weighted by atomic mass is 10.0. The molecule has 4 aromatic rings. The van der Waals surface area contributed by atoms with Crippen LogP contribution in [0.2, 0.25) is 0 Å². The van der Waals surface area contributed by atoms with Gasteiger partial charge in [0.1, 0.15) is 5.75 Å². The number of aromatic nitrogens is 1. The first kappa shape index (κ1) is 13.7. The molecule has 23 heavy (non-hydrogen) atoms. The number of hydrogen-bond donors (Lipinski definition) is 2. The van der Waals surface area contributed by atoms with Gasteiger partial charge in [0.05, 0.1) is 16.4 Å². The molecule has 0 aliphatic heterocycles. The van der Waals surface area contributed by atoms with E-state index in [1.807, 2.05) is 54.6 Å². The summed E-state index contributed by atoms with van der Waals surface area (Å²) in [5.41, 5.74) is 4.58. The second-order valence-electron chi connectivity index (χ2n) is 5.08. The maximum absolute atomic E-state index is 10.1. The number of rotatable bonds is 3. The summed E-state index contributed by atoms with van der Waals surface area (Å²) in [7, 11) is 0. The molecule has 0 saturated heterocycles. The first-order valence-corrected chi connectivity index (χ1v) is 7.98. The molecule has 2 N–H and O–H groups in total. The van der Waals surface area contributed by atoms with Gasteiger partial charge in [-0.05, 0) is 29.0 Å². The minimum atomic E-state index is 0.207. The van der Waals surface area contributed by atoms with E-state index in [1.165, 1.54) is 0 Å². The fraction of sp³-hybridized carbons (Fsp3) is 0. The number of benzene rings is 3. The van der Waals surface area contributed by atoms with Gasteiger partial charge in [-0.3, -0.25) is 5.43 Å². The van der Waals surface area contributed by atoms with Gasteiger partial charge in [0.15, 0.2) is 0 Å². The lowest BCUT2D eigenvalue weighted by Crippen LogP contribution is -1.91. The minimum absolute atomic E-state index is 0.207.